The first-order valence-electron chi connectivity index (χ1n) is 6.37. The van der Waals surface area contributed by atoms with Gasteiger partial charge in [-0.05, 0) is 13.8 Å². The summed E-state index contributed by atoms with van der Waals surface area (Å²) in [5, 5.41) is 8.72. The van der Waals surface area contributed by atoms with Crippen LogP contribution < -0.4 is 0 Å². The molecule has 7 nitrogen and oxygen atoms in total. The molecule has 1 fully saturated rings. The number of ether oxygens (including phenoxy) is 2. The van der Waals surface area contributed by atoms with Crippen molar-refractivity contribution in [1.29, 1.82) is 0 Å². The third-order valence-corrected chi connectivity index (χ3v) is 4.92. The van der Waals surface area contributed by atoms with Crippen LogP contribution in [0.5, 0.6) is 0 Å². The summed E-state index contributed by atoms with van der Waals surface area (Å²) in [5.41, 5.74) is -0.0350. The lowest BCUT2D eigenvalue weighted by atomic mass is 9.92. The van der Waals surface area contributed by atoms with Crippen LogP contribution in [0.3, 0.4) is 0 Å². The number of amides is 1. The number of carboxylic acid groups (broad SMARTS) is 1. The molecule has 1 amide bonds. The van der Waals surface area contributed by atoms with Gasteiger partial charge in [0.1, 0.15) is 29.7 Å². The van der Waals surface area contributed by atoms with Crippen LogP contribution in [0.1, 0.15) is 13.8 Å². The highest BCUT2D eigenvalue weighted by Gasteiger charge is 2.58. The van der Waals surface area contributed by atoms with Crippen molar-refractivity contribution in [1.82, 2.24) is 4.90 Å². The van der Waals surface area contributed by atoms with Gasteiger partial charge in [-0.3, -0.25) is 9.69 Å². The van der Waals surface area contributed by atoms with Gasteiger partial charge < -0.3 is 14.6 Å². The van der Waals surface area contributed by atoms with E-state index in [2.05, 4.69) is 4.74 Å². The molecule has 0 saturated carbocycles. The molecule has 0 spiro atoms. The molecule has 2 heterocycles. The average molecular weight is 405 g/mol. The number of rotatable bonds is 4. The molecule has 2 rings (SSSR count). The zero-order valence-electron chi connectivity index (χ0n) is 11.9. The van der Waals surface area contributed by atoms with Gasteiger partial charge in [0.15, 0.2) is 0 Å². The predicted molar refractivity (Wildman–Crippen MR) is 84.2 cm³/mol. The molecular weight excluding hydrogens is 393 g/mol. The van der Waals surface area contributed by atoms with E-state index in [4.69, 9.17) is 44.6 Å². The second-order valence-corrected chi connectivity index (χ2v) is 8.78. The van der Waals surface area contributed by atoms with Crippen LogP contribution in [0.2, 0.25) is 0 Å². The summed E-state index contributed by atoms with van der Waals surface area (Å²) < 4.78 is 7.87. The van der Waals surface area contributed by atoms with Crippen molar-refractivity contribution in [3.63, 3.8) is 0 Å². The molecule has 0 aliphatic carbocycles. The second kappa shape index (κ2) is 6.58. The molecular formula is C12H12Cl3NO6S. The number of halogens is 3. The standard InChI is InChI=1S/C12H12Cl3NO6S/c1-4(22-11(20)21-3-12(13,14)15)6-8(17)16-7(10(18)19)5(2)23-9(6)16/h4,6,9H,3H2,1-2H3,(H,18,19)/t4?,6-,9+/m0/s1. The number of β-lactam (4-membered cyclic amide) rings is 1. The van der Waals surface area contributed by atoms with E-state index in [9.17, 15) is 14.4 Å². The molecule has 128 valence electrons. The molecule has 1 N–H and O–H groups in total. The third kappa shape index (κ3) is 3.81. The smallest absolute Gasteiger partial charge is 0.477 e. The number of hydrogen-bond donors (Lipinski definition) is 1. The molecule has 1 unspecified atom stereocenters. The number of carboxylic acids is 1. The number of carbonyl (C=O) groups is 3. The maximum Gasteiger partial charge on any atom is 0.508 e. The number of hydrogen-bond acceptors (Lipinski definition) is 6. The number of aliphatic carboxylic acids is 1. The fourth-order valence-electron chi connectivity index (χ4n) is 2.34. The van der Waals surface area contributed by atoms with Gasteiger partial charge in [-0.15, -0.1) is 11.8 Å². The molecule has 1 saturated heterocycles. The Bertz CT molecular complexity index is 590. The Kier molecular flexibility index (Phi) is 5.30. The Morgan fingerprint density at radius 1 is 1.43 bits per heavy atom. The second-order valence-electron chi connectivity index (χ2n) is 4.93. The van der Waals surface area contributed by atoms with E-state index in [1.165, 1.54) is 23.6 Å². The van der Waals surface area contributed by atoms with E-state index in [0.717, 1.165) is 0 Å². The number of alkyl halides is 3. The van der Waals surface area contributed by atoms with E-state index < -0.39 is 45.8 Å². The van der Waals surface area contributed by atoms with Crippen molar-refractivity contribution in [3.05, 3.63) is 10.6 Å². The van der Waals surface area contributed by atoms with Crippen molar-refractivity contribution < 1.29 is 29.0 Å². The van der Waals surface area contributed by atoms with Gasteiger partial charge in [0, 0.05) is 4.91 Å². The molecule has 0 bridgehead atoms. The minimum Gasteiger partial charge on any atom is -0.477 e. The molecule has 0 aromatic heterocycles. The molecule has 0 aromatic carbocycles. The highest BCUT2D eigenvalue weighted by atomic mass is 35.6. The summed E-state index contributed by atoms with van der Waals surface area (Å²) in [7, 11) is 0. The third-order valence-electron chi connectivity index (χ3n) is 3.30. The van der Waals surface area contributed by atoms with Gasteiger partial charge in [0.05, 0.1) is 0 Å². The zero-order chi connectivity index (χ0) is 17.5. The van der Waals surface area contributed by atoms with Crippen molar-refractivity contribution in [3.8, 4) is 0 Å². The van der Waals surface area contributed by atoms with Crippen LogP contribution in [0, 0.1) is 5.92 Å². The van der Waals surface area contributed by atoms with Crippen molar-refractivity contribution >= 4 is 64.6 Å². The van der Waals surface area contributed by atoms with Gasteiger partial charge in [-0.1, -0.05) is 34.8 Å². The Morgan fingerprint density at radius 3 is 2.57 bits per heavy atom. The summed E-state index contributed by atoms with van der Waals surface area (Å²) in [4.78, 5) is 36.6. The van der Waals surface area contributed by atoms with Crippen molar-refractivity contribution in [2.45, 2.75) is 29.1 Å². The first-order valence-corrected chi connectivity index (χ1v) is 8.38. The van der Waals surface area contributed by atoms with E-state index in [-0.39, 0.29) is 5.70 Å². The first kappa shape index (κ1) is 18.5. The number of nitrogens with zero attached hydrogens (tertiary/aromatic N) is 1. The van der Waals surface area contributed by atoms with Crippen LogP contribution in [0.25, 0.3) is 0 Å². The molecule has 2 aliphatic rings. The van der Waals surface area contributed by atoms with Crippen LogP contribution in [-0.4, -0.2) is 49.9 Å². The average Bonchev–Trinajstić information content (AvgIpc) is 2.69. The summed E-state index contributed by atoms with van der Waals surface area (Å²) in [6, 6.07) is 0. The van der Waals surface area contributed by atoms with E-state index in [0.29, 0.717) is 4.91 Å². The SMILES string of the molecule is CC1=C(C(=O)O)N2C(=O)[C@H](C(C)OC(=O)OCC(Cl)(Cl)Cl)[C@H]2S1. The summed E-state index contributed by atoms with van der Waals surface area (Å²) in [6.07, 6.45) is -1.87. The van der Waals surface area contributed by atoms with Gasteiger partial charge in [0.25, 0.3) is 0 Å². The molecule has 0 radical (unpaired) electrons. The molecule has 3 atom stereocenters. The van der Waals surface area contributed by atoms with E-state index in [1.54, 1.807) is 6.92 Å². The number of thioether (sulfide) groups is 1. The summed E-state index contributed by atoms with van der Waals surface area (Å²) in [6.45, 7) is 2.65. The van der Waals surface area contributed by atoms with Crippen molar-refractivity contribution in [2.24, 2.45) is 5.92 Å². The summed E-state index contributed by atoms with van der Waals surface area (Å²) >= 11 is 17.6. The lowest BCUT2D eigenvalue weighted by molar-refractivity contribution is -0.157. The highest BCUT2D eigenvalue weighted by molar-refractivity contribution is 8.04. The number of allylic oxidation sites excluding steroid dienone is 1. The molecule has 11 heteroatoms. The van der Waals surface area contributed by atoms with Gasteiger partial charge >= 0.3 is 12.1 Å². The first-order chi connectivity index (χ1) is 10.5. The zero-order valence-corrected chi connectivity index (χ0v) is 15.0. The van der Waals surface area contributed by atoms with Gasteiger partial charge in [0.2, 0.25) is 9.70 Å². The number of carbonyl (C=O) groups excluding carboxylic acids is 2. The maximum atomic E-state index is 12.2. The fraction of sp³-hybridized carbons (Fsp3) is 0.583. The van der Waals surface area contributed by atoms with Crippen molar-refractivity contribution in [2.75, 3.05) is 6.61 Å². The predicted octanol–water partition coefficient (Wildman–Crippen LogP) is 2.75. The largest absolute Gasteiger partial charge is 0.508 e. The lowest BCUT2D eigenvalue weighted by Crippen LogP contribution is -2.61. The number of fused-ring (bicyclic) bond motifs is 1. The minimum atomic E-state index is -1.76. The van der Waals surface area contributed by atoms with Crippen LogP contribution in [0.15, 0.2) is 10.6 Å². The molecule has 23 heavy (non-hydrogen) atoms. The Balaban J connectivity index is 1.94. The molecule has 2 aliphatic heterocycles. The Morgan fingerprint density at radius 2 is 2.04 bits per heavy atom. The quantitative estimate of drug-likeness (QED) is 0.437. The Hall–Kier alpha value is -0.830. The Labute approximate surface area is 150 Å². The van der Waals surface area contributed by atoms with E-state index >= 15 is 0 Å². The minimum absolute atomic E-state index is 0.0350. The topological polar surface area (TPSA) is 93.1 Å². The van der Waals surface area contributed by atoms with Crippen LogP contribution in [-0.2, 0) is 19.1 Å². The normalized spacial score (nSPS) is 24.9. The van der Waals surface area contributed by atoms with Crippen LogP contribution >= 0.6 is 46.6 Å². The monoisotopic (exact) mass is 403 g/mol. The van der Waals surface area contributed by atoms with Crippen LogP contribution in [0.4, 0.5) is 4.79 Å². The van der Waals surface area contributed by atoms with Gasteiger partial charge in [-0.25, -0.2) is 9.59 Å². The lowest BCUT2D eigenvalue weighted by Gasteiger charge is -2.44. The maximum absolute atomic E-state index is 12.2. The van der Waals surface area contributed by atoms with E-state index in [1.807, 2.05) is 0 Å². The fourth-order valence-corrected chi connectivity index (χ4v) is 3.96. The summed E-state index contributed by atoms with van der Waals surface area (Å²) in [5.74, 6) is -2.24. The van der Waals surface area contributed by atoms with Gasteiger partial charge in [-0.2, -0.15) is 0 Å². The highest BCUT2D eigenvalue weighted by Crippen LogP contribution is 2.50. The molecule has 0 aromatic rings.